The van der Waals surface area contributed by atoms with Crippen molar-refractivity contribution in [3.63, 3.8) is 0 Å². The number of aromatic nitrogens is 3. The molecule has 1 fully saturated rings. The lowest BCUT2D eigenvalue weighted by Gasteiger charge is -2.32. The van der Waals surface area contributed by atoms with Gasteiger partial charge in [-0.1, -0.05) is 29.3 Å². The number of nitrogens with zero attached hydrogens (tertiary/aromatic N) is 3. The van der Waals surface area contributed by atoms with Gasteiger partial charge in [-0.2, -0.15) is 15.4 Å². The molecule has 0 spiro atoms. The van der Waals surface area contributed by atoms with Crippen LogP contribution < -0.4 is 5.32 Å². The number of aromatic amines is 1. The van der Waals surface area contributed by atoms with Gasteiger partial charge in [-0.15, -0.1) is 0 Å². The van der Waals surface area contributed by atoms with Crippen LogP contribution in [0.15, 0.2) is 24.4 Å². The highest BCUT2D eigenvalue weighted by Crippen LogP contribution is 2.24. The minimum atomic E-state index is -0.179. The molecule has 2 N–H and O–H groups in total. The van der Waals surface area contributed by atoms with Gasteiger partial charge in [0.2, 0.25) is 0 Å². The second-order valence-electron chi connectivity index (χ2n) is 5.63. The summed E-state index contributed by atoms with van der Waals surface area (Å²) in [5, 5.41) is 14.0. The van der Waals surface area contributed by atoms with Gasteiger partial charge in [-0.05, 0) is 30.5 Å². The molecular weight excluding hydrogens is 337 g/mol. The van der Waals surface area contributed by atoms with Gasteiger partial charge in [0.15, 0.2) is 5.69 Å². The quantitative estimate of drug-likeness (QED) is 0.885. The maximum absolute atomic E-state index is 11.9. The highest BCUT2D eigenvalue weighted by molar-refractivity contribution is 6.42. The first-order valence-electron chi connectivity index (χ1n) is 7.45. The average molecular weight is 354 g/mol. The Bertz CT molecular complexity index is 669. The lowest BCUT2D eigenvalue weighted by molar-refractivity contribution is 0.0904. The molecule has 0 atom stereocenters. The highest BCUT2D eigenvalue weighted by atomic mass is 35.5. The molecule has 0 aliphatic carbocycles. The number of H-pyrrole nitrogens is 1. The van der Waals surface area contributed by atoms with Crippen LogP contribution in [0.5, 0.6) is 0 Å². The van der Waals surface area contributed by atoms with E-state index < -0.39 is 0 Å². The van der Waals surface area contributed by atoms with Crippen LogP contribution in [-0.4, -0.2) is 45.3 Å². The Morgan fingerprint density at radius 2 is 2.09 bits per heavy atom. The third-order valence-electron chi connectivity index (χ3n) is 3.96. The van der Waals surface area contributed by atoms with Gasteiger partial charge in [0.05, 0.1) is 16.2 Å². The molecule has 1 aromatic carbocycles. The fourth-order valence-corrected chi connectivity index (χ4v) is 3.02. The van der Waals surface area contributed by atoms with Crippen LogP contribution >= 0.6 is 23.2 Å². The Hall–Kier alpha value is -1.63. The van der Waals surface area contributed by atoms with E-state index in [1.54, 1.807) is 0 Å². The van der Waals surface area contributed by atoms with Crippen molar-refractivity contribution in [2.45, 2.75) is 25.4 Å². The van der Waals surface area contributed by atoms with E-state index >= 15 is 0 Å². The van der Waals surface area contributed by atoms with Crippen molar-refractivity contribution in [2.75, 3.05) is 13.1 Å². The Labute approximate surface area is 144 Å². The van der Waals surface area contributed by atoms with E-state index in [4.69, 9.17) is 23.2 Å². The lowest BCUT2D eigenvalue weighted by Crippen LogP contribution is -2.44. The number of hydrogen-bond donors (Lipinski definition) is 2. The Morgan fingerprint density at radius 1 is 1.30 bits per heavy atom. The Balaban J connectivity index is 1.48. The molecule has 3 rings (SSSR count). The number of halogens is 2. The van der Waals surface area contributed by atoms with Crippen molar-refractivity contribution >= 4 is 29.1 Å². The molecule has 23 heavy (non-hydrogen) atoms. The summed E-state index contributed by atoms with van der Waals surface area (Å²) in [6.45, 7) is 2.68. The van der Waals surface area contributed by atoms with E-state index in [0.717, 1.165) is 38.0 Å². The number of rotatable bonds is 4. The number of hydrogen-bond acceptors (Lipinski definition) is 4. The monoisotopic (exact) mass is 353 g/mol. The van der Waals surface area contributed by atoms with Crippen LogP contribution in [0.1, 0.15) is 28.9 Å². The van der Waals surface area contributed by atoms with E-state index in [2.05, 4.69) is 25.6 Å². The zero-order valence-corrected chi connectivity index (χ0v) is 13.9. The first-order valence-corrected chi connectivity index (χ1v) is 8.20. The zero-order chi connectivity index (χ0) is 16.2. The van der Waals surface area contributed by atoms with Gasteiger partial charge in [0.1, 0.15) is 0 Å². The van der Waals surface area contributed by atoms with Crippen molar-refractivity contribution in [2.24, 2.45) is 0 Å². The number of nitrogens with one attached hydrogen (secondary N) is 2. The summed E-state index contributed by atoms with van der Waals surface area (Å²) in [5.41, 5.74) is 1.47. The summed E-state index contributed by atoms with van der Waals surface area (Å²) in [7, 11) is 0. The molecule has 8 heteroatoms. The molecule has 0 radical (unpaired) electrons. The van der Waals surface area contributed by atoms with Gasteiger partial charge < -0.3 is 5.32 Å². The highest BCUT2D eigenvalue weighted by Gasteiger charge is 2.22. The summed E-state index contributed by atoms with van der Waals surface area (Å²) >= 11 is 12.0. The second kappa shape index (κ2) is 7.29. The van der Waals surface area contributed by atoms with E-state index in [0.29, 0.717) is 15.7 Å². The van der Waals surface area contributed by atoms with Gasteiger partial charge in [0, 0.05) is 25.7 Å². The topological polar surface area (TPSA) is 73.9 Å². The minimum Gasteiger partial charge on any atom is -0.348 e. The summed E-state index contributed by atoms with van der Waals surface area (Å²) < 4.78 is 0. The molecular formula is C15H17Cl2N5O. The van der Waals surface area contributed by atoms with Gasteiger partial charge >= 0.3 is 0 Å². The lowest BCUT2D eigenvalue weighted by atomic mass is 10.0. The van der Waals surface area contributed by atoms with E-state index in [-0.39, 0.29) is 11.9 Å². The molecule has 0 unspecified atom stereocenters. The average Bonchev–Trinajstić information content (AvgIpc) is 3.07. The standard InChI is InChI=1S/C15H17Cl2N5O/c16-12-2-1-10(7-13(12)17)9-22-5-3-11(4-6-22)19-15(23)14-8-18-21-20-14/h1-2,7-8,11H,3-6,9H2,(H,19,23)(H,18,20,21). The molecule has 6 nitrogen and oxygen atoms in total. The molecule has 1 amide bonds. The van der Waals surface area contributed by atoms with E-state index in [1.165, 1.54) is 6.20 Å². The smallest absolute Gasteiger partial charge is 0.273 e. The van der Waals surface area contributed by atoms with Crippen molar-refractivity contribution < 1.29 is 4.79 Å². The predicted octanol–water partition coefficient (Wildman–Crippen LogP) is 2.51. The van der Waals surface area contributed by atoms with Crippen molar-refractivity contribution in [1.29, 1.82) is 0 Å². The van der Waals surface area contributed by atoms with Crippen molar-refractivity contribution in [1.82, 2.24) is 25.6 Å². The minimum absolute atomic E-state index is 0.171. The number of carbonyl (C=O) groups is 1. The molecule has 0 bridgehead atoms. The molecule has 2 heterocycles. The molecule has 1 aromatic heterocycles. The first-order chi connectivity index (χ1) is 11.1. The summed E-state index contributed by atoms with van der Waals surface area (Å²) in [6, 6.07) is 5.89. The predicted molar refractivity (Wildman–Crippen MR) is 88.6 cm³/mol. The summed E-state index contributed by atoms with van der Waals surface area (Å²) in [5.74, 6) is -0.179. The van der Waals surface area contributed by atoms with E-state index in [9.17, 15) is 4.79 Å². The fraction of sp³-hybridized carbons (Fsp3) is 0.400. The van der Waals surface area contributed by atoms with Gasteiger partial charge in [-0.25, -0.2) is 0 Å². The molecule has 2 aromatic rings. The van der Waals surface area contributed by atoms with Gasteiger partial charge in [-0.3, -0.25) is 9.69 Å². The van der Waals surface area contributed by atoms with Crippen LogP contribution in [0.2, 0.25) is 10.0 Å². The molecule has 1 aliphatic heterocycles. The number of benzene rings is 1. The fourth-order valence-electron chi connectivity index (χ4n) is 2.70. The Kier molecular flexibility index (Phi) is 5.15. The Morgan fingerprint density at radius 3 is 2.74 bits per heavy atom. The second-order valence-corrected chi connectivity index (χ2v) is 6.44. The normalized spacial score (nSPS) is 16.4. The van der Waals surface area contributed by atoms with Crippen LogP contribution in [0.4, 0.5) is 0 Å². The van der Waals surface area contributed by atoms with E-state index in [1.807, 2.05) is 18.2 Å². The number of carbonyl (C=O) groups excluding carboxylic acids is 1. The maximum atomic E-state index is 11.9. The number of piperidine rings is 1. The number of amides is 1. The maximum Gasteiger partial charge on any atom is 0.273 e. The van der Waals surface area contributed by atoms with Crippen LogP contribution in [0, 0.1) is 0 Å². The summed E-state index contributed by atoms with van der Waals surface area (Å²) in [6.07, 6.45) is 3.24. The summed E-state index contributed by atoms with van der Waals surface area (Å²) in [4.78, 5) is 14.3. The molecule has 122 valence electrons. The van der Waals surface area contributed by atoms with Crippen LogP contribution in [-0.2, 0) is 6.54 Å². The molecule has 1 saturated heterocycles. The van der Waals surface area contributed by atoms with Crippen molar-refractivity contribution in [3.8, 4) is 0 Å². The molecule has 1 aliphatic rings. The zero-order valence-electron chi connectivity index (χ0n) is 12.4. The van der Waals surface area contributed by atoms with Gasteiger partial charge in [0.25, 0.3) is 5.91 Å². The molecule has 0 saturated carbocycles. The first kappa shape index (κ1) is 16.2. The largest absolute Gasteiger partial charge is 0.348 e. The number of likely N-dealkylation sites (tertiary alicyclic amines) is 1. The van der Waals surface area contributed by atoms with Crippen LogP contribution in [0.25, 0.3) is 0 Å². The third kappa shape index (κ3) is 4.22. The SMILES string of the molecule is O=C(NC1CCN(Cc2ccc(Cl)c(Cl)c2)CC1)c1cn[nH]n1. The third-order valence-corrected chi connectivity index (χ3v) is 4.70. The van der Waals surface area contributed by atoms with Crippen molar-refractivity contribution in [3.05, 3.63) is 45.7 Å². The van der Waals surface area contributed by atoms with Crippen LogP contribution in [0.3, 0.4) is 0 Å².